The van der Waals surface area contributed by atoms with Crippen LogP contribution in [-0.4, -0.2) is 66.1 Å². The third kappa shape index (κ3) is 6.35. The van der Waals surface area contributed by atoms with Gasteiger partial charge in [-0.3, -0.25) is 4.98 Å². The Morgan fingerprint density at radius 3 is 2.43 bits per heavy atom. The van der Waals surface area contributed by atoms with Crippen molar-refractivity contribution in [3.05, 3.63) is 90.3 Å². The molecule has 2 aromatic carbocycles. The van der Waals surface area contributed by atoms with E-state index in [2.05, 4.69) is 98.1 Å². The molecule has 0 bridgehead atoms. The van der Waals surface area contributed by atoms with Crippen LogP contribution in [0.15, 0.2) is 79.1 Å². The molecule has 1 saturated heterocycles. The average Bonchev–Trinajstić information content (AvgIpc) is 2.90. The summed E-state index contributed by atoms with van der Waals surface area (Å²) in [5.41, 5.74) is 5.61. The fourth-order valence-corrected chi connectivity index (χ4v) is 4.54. The van der Waals surface area contributed by atoms with Crippen molar-refractivity contribution in [1.82, 2.24) is 19.8 Å². The number of nitrogens with zero attached hydrogens (tertiary/aromatic N) is 4. The molecule has 2 N–H and O–H groups in total. The topological polar surface area (TPSA) is 56.3 Å². The third-order valence-electron chi connectivity index (χ3n) is 6.67. The minimum absolute atomic E-state index is 0.888. The highest BCUT2D eigenvalue weighted by Crippen LogP contribution is 2.27. The van der Waals surface area contributed by atoms with Crippen molar-refractivity contribution in [2.45, 2.75) is 12.8 Å². The Morgan fingerprint density at radius 2 is 1.63 bits per heavy atom. The molecule has 1 fully saturated rings. The number of rotatable bonds is 9. The molecule has 180 valence electrons. The summed E-state index contributed by atoms with van der Waals surface area (Å²) >= 11 is 0. The van der Waals surface area contributed by atoms with Crippen molar-refractivity contribution in [1.29, 1.82) is 0 Å². The van der Waals surface area contributed by atoms with Crippen LogP contribution < -0.4 is 10.6 Å². The van der Waals surface area contributed by atoms with Crippen molar-refractivity contribution in [3.63, 3.8) is 0 Å². The number of benzene rings is 2. The molecule has 35 heavy (non-hydrogen) atoms. The molecule has 1 aliphatic heterocycles. The average molecular weight is 467 g/mol. The molecule has 6 heteroatoms. The van der Waals surface area contributed by atoms with Crippen LogP contribution in [0.1, 0.15) is 17.5 Å². The first kappa shape index (κ1) is 23.3. The Morgan fingerprint density at radius 1 is 0.857 bits per heavy atom. The fraction of sp³-hybridized carbons (Fsp3) is 0.310. The van der Waals surface area contributed by atoms with Gasteiger partial charge in [-0.15, -0.1) is 0 Å². The molecule has 0 amide bonds. The first-order chi connectivity index (χ1) is 17.2. The molecule has 6 nitrogen and oxygen atoms in total. The number of piperazine rings is 1. The van der Waals surface area contributed by atoms with E-state index in [9.17, 15) is 0 Å². The van der Waals surface area contributed by atoms with Crippen molar-refractivity contribution in [2.24, 2.45) is 0 Å². The lowest BCUT2D eigenvalue weighted by Gasteiger charge is -2.32. The molecule has 0 aliphatic carbocycles. The van der Waals surface area contributed by atoms with Gasteiger partial charge < -0.3 is 20.4 Å². The van der Waals surface area contributed by atoms with E-state index in [0.717, 1.165) is 67.1 Å². The SMILES string of the molecule is CN1CCN(CCCNc2cc3c(Nc4ccc(Cc5ccccc5)cc4)ccnc3cn2)CC1. The van der Waals surface area contributed by atoms with Crippen LogP contribution in [0.5, 0.6) is 0 Å². The Hall–Kier alpha value is -3.48. The zero-order chi connectivity index (χ0) is 23.9. The molecule has 5 rings (SSSR count). The number of likely N-dealkylation sites (N-methyl/N-ethyl adjacent to an activating group) is 1. The second-order valence-electron chi connectivity index (χ2n) is 9.35. The Balaban J connectivity index is 1.20. The summed E-state index contributed by atoms with van der Waals surface area (Å²) in [6.07, 6.45) is 5.73. The minimum Gasteiger partial charge on any atom is -0.370 e. The van der Waals surface area contributed by atoms with Gasteiger partial charge in [-0.05, 0) is 61.8 Å². The molecule has 0 atom stereocenters. The predicted molar refractivity (Wildman–Crippen MR) is 146 cm³/mol. The molecule has 1 aliphatic rings. The van der Waals surface area contributed by atoms with Gasteiger partial charge in [0.05, 0.1) is 11.7 Å². The van der Waals surface area contributed by atoms with Crippen molar-refractivity contribution < 1.29 is 0 Å². The van der Waals surface area contributed by atoms with Gasteiger partial charge in [-0.25, -0.2) is 4.98 Å². The number of pyridine rings is 2. The van der Waals surface area contributed by atoms with Crippen molar-refractivity contribution in [2.75, 3.05) is 56.9 Å². The van der Waals surface area contributed by atoms with Gasteiger partial charge in [0.1, 0.15) is 5.82 Å². The second kappa shape index (κ2) is 11.3. The molecule has 2 aromatic heterocycles. The number of aromatic nitrogens is 2. The Kier molecular flexibility index (Phi) is 7.51. The Bertz CT molecular complexity index is 1220. The standard InChI is InChI=1S/C29H34N6/c1-34-16-18-35(19-17-34)15-5-13-31-29-21-26-27(12-14-30-28(26)22-32-29)33-25-10-8-24(9-11-25)20-23-6-3-2-4-7-23/h2-4,6-12,14,21-22H,5,13,15-20H2,1H3,(H,30,33)(H,31,32). The summed E-state index contributed by atoms with van der Waals surface area (Å²) in [6, 6.07) is 23.4. The van der Waals surface area contributed by atoms with Gasteiger partial charge in [0.2, 0.25) is 0 Å². The van der Waals surface area contributed by atoms with Crippen LogP contribution in [0.4, 0.5) is 17.2 Å². The number of nitrogens with one attached hydrogen (secondary N) is 2. The lowest BCUT2D eigenvalue weighted by Crippen LogP contribution is -2.44. The van der Waals surface area contributed by atoms with Crippen LogP contribution >= 0.6 is 0 Å². The zero-order valence-electron chi connectivity index (χ0n) is 20.5. The summed E-state index contributed by atoms with van der Waals surface area (Å²) < 4.78 is 0. The van der Waals surface area contributed by atoms with E-state index < -0.39 is 0 Å². The quantitative estimate of drug-likeness (QED) is 0.338. The van der Waals surface area contributed by atoms with Crippen LogP contribution in [0.3, 0.4) is 0 Å². The van der Waals surface area contributed by atoms with Gasteiger partial charge in [0.15, 0.2) is 0 Å². The highest BCUT2D eigenvalue weighted by atomic mass is 15.2. The maximum Gasteiger partial charge on any atom is 0.126 e. The fourth-order valence-electron chi connectivity index (χ4n) is 4.54. The van der Waals surface area contributed by atoms with E-state index >= 15 is 0 Å². The monoisotopic (exact) mass is 466 g/mol. The van der Waals surface area contributed by atoms with Crippen molar-refractivity contribution >= 4 is 28.1 Å². The molecule has 0 saturated carbocycles. The molecule has 3 heterocycles. The maximum absolute atomic E-state index is 4.58. The molecule has 0 spiro atoms. The first-order valence-corrected chi connectivity index (χ1v) is 12.5. The second-order valence-corrected chi connectivity index (χ2v) is 9.35. The van der Waals surface area contributed by atoms with E-state index in [0.29, 0.717) is 0 Å². The summed E-state index contributed by atoms with van der Waals surface area (Å²) in [7, 11) is 2.20. The van der Waals surface area contributed by atoms with Crippen LogP contribution in [0, 0.1) is 0 Å². The van der Waals surface area contributed by atoms with Crippen LogP contribution in [0.25, 0.3) is 10.9 Å². The van der Waals surface area contributed by atoms with E-state index in [4.69, 9.17) is 0 Å². The summed E-state index contributed by atoms with van der Waals surface area (Å²) in [6.45, 7) is 6.70. The summed E-state index contributed by atoms with van der Waals surface area (Å²) in [4.78, 5) is 14.0. The lowest BCUT2D eigenvalue weighted by atomic mass is 10.0. The first-order valence-electron chi connectivity index (χ1n) is 12.5. The van der Waals surface area contributed by atoms with E-state index in [1.54, 1.807) is 0 Å². The minimum atomic E-state index is 0.888. The van der Waals surface area contributed by atoms with Crippen molar-refractivity contribution in [3.8, 4) is 0 Å². The molecule has 0 unspecified atom stereocenters. The molecule has 0 radical (unpaired) electrons. The normalized spacial score (nSPS) is 14.8. The van der Waals surface area contributed by atoms with Gasteiger partial charge >= 0.3 is 0 Å². The van der Waals surface area contributed by atoms with E-state index in [1.807, 2.05) is 18.5 Å². The van der Waals surface area contributed by atoms with Gasteiger partial charge in [0, 0.05) is 55.7 Å². The van der Waals surface area contributed by atoms with Gasteiger partial charge in [-0.2, -0.15) is 0 Å². The number of fused-ring (bicyclic) bond motifs is 1. The lowest BCUT2D eigenvalue weighted by molar-refractivity contribution is 0.154. The highest BCUT2D eigenvalue weighted by molar-refractivity contribution is 5.93. The predicted octanol–water partition coefficient (Wildman–Crippen LogP) is 5.01. The molecular formula is C29H34N6. The number of hydrogen-bond acceptors (Lipinski definition) is 6. The Labute approximate surface area is 208 Å². The van der Waals surface area contributed by atoms with Crippen LogP contribution in [-0.2, 0) is 6.42 Å². The summed E-state index contributed by atoms with van der Waals surface area (Å²) in [5.74, 6) is 0.894. The number of hydrogen-bond donors (Lipinski definition) is 2. The van der Waals surface area contributed by atoms with E-state index in [-0.39, 0.29) is 0 Å². The van der Waals surface area contributed by atoms with E-state index in [1.165, 1.54) is 24.2 Å². The zero-order valence-corrected chi connectivity index (χ0v) is 20.5. The third-order valence-corrected chi connectivity index (χ3v) is 6.67. The van der Waals surface area contributed by atoms with Gasteiger partial charge in [-0.1, -0.05) is 42.5 Å². The van der Waals surface area contributed by atoms with Gasteiger partial charge in [0.25, 0.3) is 0 Å². The maximum atomic E-state index is 4.58. The summed E-state index contributed by atoms with van der Waals surface area (Å²) in [5, 5.41) is 8.14. The largest absolute Gasteiger partial charge is 0.370 e. The molecule has 4 aromatic rings. The number of anilines is 3. The highest BCUT2D eigenvalue weighted by Gasteiger charge is 2.13. The smallest absolute Gasteiger partial charge is 0.126 e. The van der Waals surface area contributed by atoms with Crippen LogP contribution in [0.2, 0.25) is 0 Å². The molecular weight excluding hydrogens is 432 g/mol.